The largest absolute Gasteiger partial charge is 0.325 e. The molecular formula is C20H15ClN4O3S. The van der Waals surface area contributed by atoms with E-state index < -0.39 is 10.0 Å². The number of fused-ring (bicyclic) bond motifs is 1. The van der Waals surface area contributed by atoms with Crippen molar-refractivity contribution in [3.63, 3.8) is 0 Å². The molecule has 0 bridgehead atoms. The van der Waals surface area contributed by atoms with Crippen molar-refractivity contribution in [2.75, 3.05) is 5.32 Å². The number of primary sulfonamides is 1. The van der Waals surface area contributed by atoms with Gasteiger partial charge in [0.25, 0.3) is 5.56 Å². The number of benzene rings is 3. The summed E-state index contributed by atoms with van der Waals surface area (Å²) >= 11 is 5.98. The van der Waals surface area contributed by atoms with Crippen LogP contribution in [0.5, 0.6) is 0 Å². The molecule has 146 valence electrons. The summed E-state index contributed by atoms with van der Waals surface area (Å²) in [5.74, 6) is 0.277. The first kappa shape index (κ1) is 19.1. The summed E-state index contributed by atoms with van der Waals surface area (Å²) in [5, 5.41) is 9.23. The molecule has 0 aliphatic heterocycles. The molecule has 3 aromatic carbocycles. The average molecular weight is 427 g/mol. The molecule has 7 nitrogen and oxygen atoms in total. The lowest BCUT2D eigenvalue weighted by atomic mass is 10.2. The maximum absolute atomic E-state index is 13.2. The number of halogens is 1. The normalized spacial score (nSPS) is 11.5. The van der Waals surface area contributed by atoms with Crippen LogP contribution in [-0.2, 0) is 10.0 Å². The van der Waals surface area contributed by atoms with Crippen molar-refractivity contribution < 1.29 is 8.42 Å². The van der Waals surface area contributed by atoms with Crippen molar-refractivity contribution in [3.8, 4) is 5.69 Å². The topological polar surface area (TPSA) is 107 Å². The van der Waals surface area contributed by atoms with Crippen molar-refractivity contribution in [1.29, 1.82) is 0 Å². The second kappa shape index (κ2) is 7.32. The highest BCUT2D eigenvalue weighted by Crippen LogP contribution is 2.22. The highest BCUT2D eigenvalue weighted by molar-refractivity contribution is 7.89. The number of hydrogen-bond donors (Lipinski definition) is 2. The van der Waals surface area contributed by atoms with E-state index in [2.05, 4.69) is 10.3 Å². The van der Waals surface area contributed by atoms with Crippen LogP contribution in [0.4, 0.5) is 11.6 Å². The maximum Gasteiger partial charge on any atom is 0.267 e. The fourth-order valence-corrected chi connectivity index (χ4v) is 3.54. The summed E-state index contributed by atoms with van der Waals surface area (Å²) in [7, 11) is -3.79. The van der Waals surface area contributed by atoms with Crippen LogP contribution in [0.3, 0.4) is 0 Å². The molecule has 0 atom stereocenters. The molecule has 9 heteroatoms. The first-order valence-electron chi connectivity index (χ1n) is 8.50. The van der Waals surface area contributed by atoms with Gasteiger partial charge in [-0.25, -0.2) is 23.1 Å². The number of rotatable bonds is 4. The van der Waals surface area contributed by atoms with Crippen molar-refractivity contribution in [2.24, 2.45) is 5.14 Å². The third kappa shape index (κ3) is 3.86. The van der Waals surface area contributed by atoms with Crippen LogP contribution in [0, 0.1) is 0 Å². The Morgan fingerprint density at radius 2 is 1.59 bits per heavy atom. The van der Waals surface area contributed by atoms with Crippen LogP contribution in [-0.4, -0.2) is 18.0 Å². The molecule has 0 aliphatic rings. The summed E-state index contributed by atoms with van der Waals surface area (Å²) in [6.07, 6.45) is 0. The molecule has 0 unspecified atom stereocenters. The van der Waals surface area contributed by atoms with Crippen LogP contribution in [0.25, 0.3) is 16.6 Å². The van der Waals surface area contributed by atoms with Gasteiger partial charge in [-0.1, -0.05) is 23.7 Å². The lowest BCUT2D eigenvalue weighted by Gasteiger charge is -2.15. The Bertz CT molecular complexity index is 1370. The highest BCUT2D eigenvalue weighted by Gasteiger charge is 2.14. The van der Waals surface area contributed by atoms with E-state index in [-0.39, 0.29) is 16.4 Å². The second-order valence-corrected chi connectivity index (χ2v) is 8.26. The van der Waals surface area contributed by atoms with Gasteiger partial charge in [-0.05, 0) is 60.7 Å². The molecule has 29 heavy (non-hydrogen) atoms. The van der Waals surface area contributed by atoms with Crippen molar-refractivity contribution in [3.05, 3.63) is 88.2 Å². The predicted octanol–water partition coefficient (Wildman–Crippen LogP) is 3.43. The van der Waals surface area contributed by atoms with Gasteiger partial charge in [0.1, 0.15) is 0 Å². The van der Waals surface area contributed by atoms with Crippen LogP contribution in [0.2, 0.25) is 5.02 Å². The Kier molecular flexibility index (Phi) is 4.83. The maximum atomic E-state index is 13.2. The molecule has 0 spiro atoms. The van der Waals surface area contributed by atoms with Crippen LogP contribution < -0.4 is 16.0 Å². The van der Waals surface area contributed by atoms with Gasteiger partial charge < -0.3 is 5.32 Å². The van der Waals surface area contributed by atoms with Crippen molar-refractivity contribution >= 4 is 44.2 Å². The minimum absolute atomic E-state index is 0.00962. The number of hydrogen-bond acceptors (Lipinski definition) is 5. The molecule has 0 radical (unpaired) electrons. The summed E-state index contributed by atoms with van der Waals surface area (Å²) in [5.41, 5.74) is 1.41. The molecule has 0 amide bonds. The number of sulfonamides is 1. The SMILES string of the molecule is NS(=O)(=O)c1ccc(Nc2nc3ccccc3c(=O)n2-c2ccc(Cl)cc2)cc1. The minimum atomic E-state index is -3.79. The van der Waals surface area contributed by atoms with E-state index in [1.54, 1.807) is 60.7 Å². The Balaban J connectivity index is 1.87. The van der Waals surface area contributed by atoms with Crippen LogP contribution in [0.1, 0.15) is 0 Å². The Morgan fingerprint density at radius 1 is 0.931 bits per heavy atom. The lowest BCUT2D eigenvalue weighted by Crippen LogP contribution is -2.22. The molecule has 4 aromatic rings. The molecule has 1 aromatic heterocycles. The van der Waals surface area contributed by atoms with E-state index in [1.165, 1.54) is 16.7 Å². The highest BCUT2D eigenvalue weighted by atomic mass is 35.5. The first-order valence-corrected chi connectivity index (χ1v) is 10.4. The number of nitrogens with one attached hydrogen (secondary N) is 1. The molecule has 0 saturated carbocycles. The molecule has 0 fully saturated rings. The average Bonchev–Trinajstić information content (AvgIpc) is 2.69. The van der Waals surface area contributed by atoms with Gasteiger partial charge in [-0.3, -0.25) is 4.79 Å². The summed E-state index contributed by atoms with van der Waals surface area (Å²) in [6, 6.07) is 19.7. The van der Waals surface area contributed by atoms with Gasteiger partial charge in [0.2, 0.25) is 16.0 Å². The summed E-state index contributed by atoms with van der Waals surface area (Å²) in [4.78, 5) is 17.7. The minimum Gasteiger partial charge on any atom is -0.325 e. The number of para-hydroxylation sites is 1. The van der Waals surface area contributed by atoms with Gasteiger partial charge >= 0.3 is 0 Å². The molecule has 3 N–H and O–H groups in total. The van der Waals surface area contributed by atoms with E-state index in [9.17, 15) is 13.2 Å². The Hall–Kier alpha value is -3.20. The third-order valence-corrected chi connectivity index (χ3v) is 5.48. The summed E-state index contributed by atoms with van der Waals surface area (Å²) < 4.78 is 24.3. The smallest absolute Gasteiger partial charge is 0.267 e. The number of nitrogens with two attached hydrogens (primary N) is 1. The van der Waals surface area contributed by atoms with Crippen LogP contribution in [0.15, 0.2) is 82.5 Å². The second-order valence-electron chi connectivity index (χ2n) is 6.26. The van der Waals surface area contributed by atoms with Gasteiger partial charge in [0, 0.05) is 10.7 Å². The van der Waals surface area contributed by atoms with Gasteiger partial charge in [-0.15, -0.1) is 0 Å². The van der Waals surface area contributed by atoms with E-state index in [4.69, 9.17) is 16.7 Å². The van der Waals surface area contributed by atoms with E-state index >= 15 is 0 Å². The molecular weight excluding hydrogens is 412 g/mol. The molecule has 1 heterocycles. The zero-order valence-corrected chi connectivity index (χ0v) is 16.5. The van der Waals surface area contributed by atoms with Gasteiger partial charge in [0.15, 0.2) is 0 Å². The Labute approximate surface area is 171 Å². The molecule has 0 aliphatic carbocycles. The van der Waals surface area contributed by atoms with Crippen molar-refractivity contribution in [2.45, 2.75) is 4.90 Å². The number of nitrogens with zero attached hydrogens (tertiary/aromatic N) is 2. The molecule has 4 rings (SSSR count). The lowest BCUT2D eigenvalue weighted by molar-refractivity contribution is 0.598. The Morgan fingerprint density at radius 3 is 2.24 bits per heavy atom. The third-order valence-electron chi connectivity index (χ3n) is 4.30. The summed E-state index contributed by atoms with van der Waals surface area (Å²) in [6.45, 7) is 0. The fourth-order valence-electron chi connectivity index (χ4n) is 2.90. The monoisotopic (exact) mass is 426 g/mol. The van der Waals surface area contributed by atoms with E-state index in [1.807, 2.05) is 0 Å². The van der Waals surface area contributed by atoms with Crippen molar-refractivity contribution in [1.82, 2.24) is 9.55 Å². The zero-order valence-electron chi connectivity index (χ0n) is 14.9. The first-order chi connectivity index (χ1) is 13.8. The van der Waals surface area contributed by atoms with Crippen LogP contribution >= 0.6 is 11.6 Å². The zero-order chi connectivity index (χ0) is 20.6. The number of anilines is 2. The molecule has 0 saturated heterocycles. The quantitative estimate of drug-likeness (QED) is 0.519. The number of aromatic nitrogens is 2. The van der Waals surface area contributed by atoms with Gasteiger partial charge in [0.05, 0.1) is 21.5 Å². The van der Waals surface area contributed by atoms with E-state index in [0.29, 0.717) is 27.3 Å². The predicted molar refractivity (Wildman–Crippen MR) is 113 cm³/mol. The standard InChI is InChI=1S/C20H15ClN4O3S/c21-13-5-9-15(10-6-13)25-19(26)17-3-1-2-4-18(17)24-20(25)23-14-7-11-16(12-8-14)29(22,27)28/h1-12H,(H,23,24)(H2,22,27,28). The fraction of sp³-hybridized carbons (Fsp3) is 0. The van der Waals surface area contributed by atoms with Gasteiger partial charge in [-0.2, -0.15) is 0 Å². The van der Waals surface area contributed by atoms with E-state index in [0.717, 1.165) is 0 Å².